The molecule has 6 heteroatoms. The van der Waals surface area contributed by atoms with Crippen LogP contribution in [0.15, 0.2) is 22.7 Å². The lowest BCUT2D eigenvalue weighted by Gasteiger charge is -2.18. The Bertz CT molecular complexity index is 772. The van der Waals surface area contributed by atoms with Crippen LogP contribution in [0.1, 0.15) is 59.1 Å². The van der Waals surface area contributed by atoms with Gasteiger partial charge in [-0.15, -0.1) is 0 Å². The molecule has 1 amide bonds. The molecule has 0 radical (unpaired) electrons. The monoisotopic (exact) mass is 330 g/mol. The van der Waals surface area contributed by atoms with Gasteiger partial charge in [-0.2, -0.15) is 0 Å². The standard InChI is InChI=1S/C18H19FN2O3/c19-13-7-3-6-11-14(8-4-10-23-17(11)13)20-18(22)16-12-5-1-2-9-15(12)24-21-16/h3,6-7,14H,1-2,4-5,8-10H2,(H,20,22)/t14-/m1/s1. The molecule has 0 saturated heterocycles. The number of fused-ring (bicyclic) bond motifs is 2. The van der Waals surface area contributed by atoms with Gasteiger partial charge in [0.05, 0.1) is 12.6 Å². The molecule has 5 nitrogen and oxygen atoms in total. The van der Waals surface area contributed by atoms with Crippen LogP contribution in [0.2, 0.25) is 0 Å². The van der Waals surface area contributed by atoms with Gasteiger partial charge in [-0.25, -0.2) is 4.39 Å². The van der Waals surface area contributed by atoms with E-state index < -0.39 is 5.82 Å². The maximum atomic E-state index is 14.0. The highest BCUT2D eigenvalue weighted by Gasteiger charge is 2.28. The van der Waals surface area contributed by atoms with Crippen LogP contribution in [0.3, 0.4) is 0 Å². The summed E-state index contributed by atoms with van der Waals surface area (Å²) in [6.07, 6.45) is 5.20. The maximum Gasteiger partial charge on any atom is 0.274 e. The van der Waals surface area contributed by atoms with E-state index in [0.717, 1.165) is 43.4 Å². The third-order valence-electron chi connectivity index (χ3n) is 4.73. The van der Waals surface area contributed by atoms with E-state index in [0.29, 0.717) is 24.3 Å². The molecular weight excluding hydrogens is 311 g/mol. The minimum Gasteiger partial charge on any atom is -0.490 e. The summed E-state index contributed by atoms with van der Waals surface area (Å²) in [5, 5.41) is 6.95. The van der Waals surface area contributed by atoms with E-state index in [-0.39, 0.29) is 17.7 Å². The van der Waals surface area contributed by atoms with Crippen LogP contribution in [0.5, 0.6) is 5.75 Å². The van der Waals surface area contributed by atoms with Gasteiger partial charge in [0.25, 0.3) is 5.91 Å². The predicted octanol–water partition coefficient (Wildman–Crippen LogP) is 3.34. The van der Waals surface area contributed by atoms with Crippen molar-refractivity contribution in [2.24, 2.45) is 0 Å². The van der Waals surface area contributed by atoms with E-state index in [9.17, 15) is 9.18 Å². The Balaban J connectivity index is 1.60. The summed E-state index contributed by atoms with van der Waals surface area (Å²) in [5.74, 6) is 0.404. The molecule has 0 unspecified atom stereocenters. The van der Waals surface area contributed by atoms with E-state index in [1.807, 2.05) is 0 Å². The van der Waals surface area contributed by atoms with E-state index in [1.54, 1.807) is 12.1 Å². The number of para-hydroxylation sites is 1. The fourth-order valence-electron chi connectivity index (χ4n) is 3.51. The number of carbonyl (C=O) groups is 1. The topological polar surface area (TPSA) is 64.4 Å². The number of benzene rings is 1. The van der Waals surface area contributed by atoms with E-state index in [4.69, 9.17) is 9.26 Å². The zero-order valence-electron chi connectivity index (χ0n) is 13.3. The number of nitrogens with one attached hydrogen (secondary N) is 1. The molecule has 4 rings (SSSR count). The molecule has 126 valence electrons. The van der Waals surface area contributed by atoms with Crippen LogP contribution >= 0.6 is 0 Å². The van der Waals surface area contributed by atoms with Crippen molar-refractivity contribution in [2.45, 2.75) is 44.6 Å². The lowest BCUT2D eigenvalue weighted by atomic mass is 9.96. The van der Waals surface area contributed by atoms with Gasteiger partial charge in [-0.1, -0.05) is 17.3 Å². The summed E-state index contributed by atoms with van der Waals surface area (Å²) in [7, 11) is 0. The van der Waals surface area contributed by atoms with Crippen LogP contribution in [-0.2, 0) is 12.8 Å². The van der Waals surface area contributed by atoms with Gasteiger partial charge in [0.15, 0.2) is 17.3 Å². The lowest BCUT2D eigenvalue weighted by Crippen LogP contribution is -2.29. The average molecular weight is 330 g/mol. The quantitative estimate of drug-likeness (QED) is 0.917. The molecule has 1 aromatic heterocycles. The summed E-state index contributed by atoms with van der Waals surface area (Å²) in [5.41, 5.74) is 1.97. The summed E-state index contributed by atoms with van der Waals surface area (Å²) >= 11 is 0. The van der Waals surface area contributed by atoms with Crippen molar-refractivity contribution in [1.82, 2.24) is 10.5 Å². The highest BCUT2D eigenvalue weighted by atomic mass is 19.1. The van der Waals surface area contributed by atoms with Crippen molar-refractivity contribution < 1.29 is 18.4 Å². The third kappa shape index (κ3) is 2.66. The molecule has 1 aliphatic heterocycles. The van der Waals surface area contributed by atoms with Crippen LogP contribution in [0.25, 0.3) is 0 Å². The van der Waals surface area contributed by atoms with E-state index >= 15 is 0 Å². The minimum absolute atomic E-state index is 0.238. The molecule has 0 saturated carbocycles. The SMILES string of the molecule is O=C(N[C@@H]1CCCOc2c(F)cccc21)c1noc2c1CCCC2. The first-order valence-electron chi connectivity index (χ1n) is 8.43. The number of hydrogen-bond acceptors (Lipinski definition) is 4. The second-order valence-corrected chi connectivity index (χ2v) is 6.31. The highest BCUT2D eigenvalue weighted by molar-refractivity contribution is 5.94. The molecule has 0 bridgehead atoms. The molecular formula is C18H19FN2O3. The number of nitrogens with zero attached hydrogens (tertiary/aromatic N) is 1. The number of hydrogen-bond donors (Lipinski definition) is 1. The number of aromatic nitrogens is 1. The number of halogens is 1. The predicted molar refractivity (Wildman–Crippen MR) is 84.5 cm³/mol. The van der Waals surface area contributed by atoms with E-state index in [2.05, 4.69) is 10.5 Å². The molecule has 2 heterocycles. The molecule has 24 heavy (non-hydrogen) atoms. The number of rotatable bonds is 2. The minimum atomic E-state index is -0.396. The Morgan fingerprint density at radius 3 is 3.04 bits per heavy atom. The lowest BCUT2D eigenvalue weighted by molar-refractivity contribution is 0.0924. The van der Waals surface area contributed by atoms with Gasteiger partial charge in [0.1, 0.15) is 5.76 Å². The molecule has 1 aliphatic carbocycles. The Morgan fingerprint density at radius 2 is 2.12 bits per heavy atom. The summed E-state index contributed by atoms with van der Waals surface area (Å²) in [6, 6.07) is 4.52. The van der Waals surface area contributed by atoms with E-state index in [1.165, 1.54) is 6.07 Å². The second-order valence-electron chi connectivity index (χ2n) is 6.31. The van der Waals surface area contributed by atoms with Gasteiger partial charge in [-0.3, -0.25) is 4.79 Å². The smallest absolute Gasteiger partial charge is 0.274 e. The Labute approximate surface area is 139 Å². The Kier molecular flexibility index (Phi) is 3.96. The number of carbonyl (C=O) groups excluding carboxylic acids is 1. The summed E-state index contributed by atoms with van der Waals surface area (Å²) in [6.45, 7) is 0.444. The molecule has 0 fully saturated rings. The van der Waals surface area contributed by atoms with Gasteiger partial charge in [0, 0.05) is 17.5 Å². The molecule has 1 aromatic carbocycles. The average Bonchev–Trinajstić information content (AvgIpc) is 2.92. The zero-order valence-corrected chi connectivity index (χ0v) is 13.3. The van der Waals surface area contributed by atoms with Crippen LogP contribution in [-0.4, -0.2) is 17.7 Å². The number of aryl methyl sites for hydroxylation is 1. The number of amides is 1. The van der Waals surface area contributed by atoms with Crippen LogP contribution < -0.4 is 10.1 Å². The zero-order chi connectivity index (χ0) is 16.5. The first kappa shape index (κ1) is 15.2. The molecule has 1 N–H and O–H groups in total. The third-order valence-corrected chi connectivity index (χ3v) is 4.73. The Morgan fingerprint density at radius 1 is 1.25 bits per heavy atom. The maximum absolute atomic E-state index is 14.0. The van der Waals surface area contributed by atoms with Crippen molar-refractivity contribution >= 4 is 5.91 Å². The fourth-order valence-corrected chi connectivity index (χ4v) is 3.51. The normalized spacial score (nSPS) is 19.6. The molecule has 1 atom stereocenters. The first-order chi connectivity index (χ1) is 11.7. The molecule has 0 spiro atoms. The first-order valence-corrected chi connectivity index (χ1v) is 8.43. The summed E-state index contributed by atoms with van der Waals surface area (Å²) < 4.78 is 24.8. The van der Waals surface area contributed by atoms with Gasteiger partial charge >= 0.3 is 0 Å². The van der Waals surface area contributed by atoms with Crippen LogP contribution in [0, 0.1) is 5.82 Å². The molecule has 2 aromatic rings. The van der Waals surface area contributed by atoms with Gasteiger partial charge in [0.2, 0.25) is 0 Å². The van der Waals surface area contributed by atoms with Crippen molar-refractivity contribution in [3.63, 3.8) is 0 Å². The van der Waals surface area contributed by atoms with Crippen molar-refractivity contribution in [1.29, 1.82) is 0 Å². The van der Waals surface area contributed by atoms with Crippen molar-refractivity contribution in [3.05, 3.63) is 46.6 Å². The Hall–Kier alpha value is -2.37. The van der Waals surface area contributed by atoms with Gasteiger partial charge in [-0.05, 0) is 38.2 Å². The van der Waals surface area contributed by atoms with Crippen molar-refractivity contribution in [2.75, 3.05) is 6.61 Å². The van der Waals surface area contributed by atoms with Crippen molar-refractivity contribution in [3.8, 4) is 5.75 Å². The largest absolute Gasteiger partial charge is 0.490 e. The van der Waals surface area contributed by atoms with Gasteiger partial charge < -0.3 is 14.6 Å². The summed E-state index contributed by atoms with van der Waals surface area (Å²) in [4.78, 5) is 12.7. The second kappa shape index (κ2) is 6.26. The van der Waals surface area contributed by atoms with Crippen LogP contribution in [0.4, 0.5) is 4.39 Å². The highest BCUT2D eigenvalue weighted by Crippen LogP contribution is 2.34. The molecule has 2 aliphatic rings. The number of ether oxygens (including phenoxy) is 1. The fraction of sp³-hybridized carbons (Fsp3) is 0.444.